The Balaban J connectivity index is 2.66. The molecular formula is C14H25N3. The molecule has 0 atom stereocenters. The van der Waals surface area contributed by atoms with Crippen LogP contribution in [0.25, 0.3) is 0 Å². The van der Waals surface area contributed by atoms with Crippen LogP contribution in [-0.2, 0) is 6.54 Å². The van der Waals surface area contributed by atoms with Gasteiger partial charge in [0.2, 0.25) is 0 Å². The number of aromatic nitrogens is 1. The summed E-state index contributed by atoms with van der Waals surface area (Å²) in [5.74, 6) is 1.07. The minimum atomic E-state index is 0.493. The van der Waals surface area contributed by atoms with Crippen molar-refractivity contribution in [2.45, 2.75) is 53.2 Å². The lowest BCUT2D eigenvalue weighted by Crippen LogP contribution is -2.31. The highest BCUT2D eigenvalue weighted by molar-refractivity contribution is 5.40. The predicted octanol–water partition coefficient (Wildman–Crippen LogP) is 2.81. The lowest BCUT2D eigenvalue weighted by Gasteiger charge is -2.26. The Morgan fingerprint density at radius 3 is 2.35 bits per heavy atom. The fourth-order valence-electron chi connectivity index (χ4n) is 1.80. The Labute approximate surface area is 105 Å². The minimum Gasteiger partial charge on any atom is -0.354 e. The molecule has 0 aromatic carbocycles. The maximum atomic E-state index is 4.53. The zero-order valence-electron chi connectivity index (χ0n) is 11.7. The van der Waals surface area contributed by atoms with Crippen molar-refractivity contribution in [2.24, 2.45) is 0 Å². The van der Waals surface area contributed by atoms with E-state index in [1.165, 1.54) is 5.56 Å². The Morgan fingerprint density at radius 1 is 1.24 bits per heavy atom. The number of nitrogens with one attached hydrogen (secondary N) is 1. The van der Waals surface area contributed by atoms with Crippen LogP contribution in [0.2, 0.25) is 0 Å². The molecule has 0 unspecified atom stereocenters. The number of anilines is 1. The van der Waals surface area contributed by atoms with Gasteiger partial charge in [-0.3, -0.25) is 0 Å². The van der Waals surface area contributed by atoms with Crippen molar-refractivity contribution >= 4 is 5.82 Å². The predicted molar refractivity (Wildman–Crippen MR) is 74.4 cm³/mol. The van der Waals surface area contributed by atoms with Crippen molar-refractivity contribution in [3.05, 3.63) is 23.9 Å². The van der Waals surface area contributed by atoms with Crippen molar-refractivity contribution in [3.8, 4) is 0 Å². The first-order valence-electron chi connectivity index (χ1n) is 6.49. The number of rotatable bonds is 6. The van der Waals surface area contributed by atoms with E-state index >= 15 is 0 Å². The summed E-state index contributed by atoms with van der Waals surface area (Å²) in [4.78, 5) is 6.83. The average Bonchev–Trinajstić information content (AvgIpc) is 2.28. The molecule has 0 amide bonds. The molecule has 1 aromatic heterocycles. The quantitative estimate of drug-likeness (QED) is 0.822. The summed E-state index contributed by atoms with van der Waals surface area (Å²) < 4.78 is 0. The van der Waals surface area contributed by atoms with Gasteiger partial charge < -0.3 is 10.2 Å². The van der Waals surface area contributed by atoms with Gasteiger partial charge in [0.05, 0.1) is 0 Å². The van der Waals surface area contributed by atoms with E-state index in [4.69, 9.17) is 0 Å². The fourth-order valence-corrected chi connectivity index (χ4v) is 1.80. The number of nitrogens with zero attached hydrogens (tertiary/aromatic N) is 2. The zero-order chi connectivity index (χ0) is 12.8. The molecule has 0 spiro atoms. The number of hydrogen-bond donors (Lipinski definition) is 1. The van der Waals surface area contributed by atoms with Gasteiger partial charge in [-0.2, -0.15) is 0 Å². The Hall–Kier alpha value is -1.09. The van der Waals surface area contributed by atoms with Crippen molar-refractivity contribution in [1.29, 1.82) is 0 Å². The molecule has 0 fully saturated rings. The summed E-state index contributed by atoms with van der Waals surface area (Å²) in [6.45, 7) is 12.7. The SMILES string of the molecule is CCN(c1ccc(CNC(C)C)cn1)C(C)C. The summed E-state index contributed by atoms with van der Waals surface area (Å²) in [5.41, 5.74) is 1.24. The Morgan fingerprint density at radius 2 is 1.94 bits per heavy atom. The van der Waals surface area contributed by atoms with Crippen LogP contribution in [0.5, 0.6) is 0 Å². The van der Waals surface area contributed by atoms with Crippen LogP contribution >= 0.6 is 0 Å². The smallest absolute Gasteiger partial charge is 0.128 e. The van der Waals surface area contributed by atoms with E-state index in [1.807, 2.05) is 6.20 Å². The van der Waals surface area contributed by atoms with E-state index in [0.29, 0.717) is 12.1 Å². The molecule has 17 heavy (non-hydrogen) atoms. The van der Waals surface area contributed by atoms with E-state index in [2.05, 4.69) is 62.0 Å². The first kappa shape index (κ1) is 14.0. The van der Waals surface area contributed by atoms with Crippen molar-refractivity contribution in [2.75, 3.05) is 11.4 Å². The van der Waals surface area contributed by atoms with Crippen molar-refractivity contribution < 1.29 is 0 Å². The Bertz CT molecular complexity index is 317. The molecule has 3 nitrogen and oxygen atoms in total. The normalized spacial score (nSPS) is 11.2. The second kappa shape index (κ2) is 6.60. The second-order valence-corrected chi connectivity index (χ2v) is 4.94. The summed E-state index contributed by atoms with van der Waals surface area (Å²) >= 11 is 0. The molecule has 0 bridgehead atoms. The summed E-state index contributed by atoms with van der Waals surface area (Å²) in [6.07, 6.45) is 1.97. The van der Waals surface area contributed by atoms with E-state index in [-0.39, 0.29) is 0 Å². The van der Waals surface area contributed by atoms with Crippen LogP contribution < -0.4 is 10.2 Å². The largest absolute Gasteiger partial charge is 0.354 e. The molecule has 0 saturated heterocycles. The molecule has 1 rings (SSSR count). The van der Waals surface area contributed by atoms with Crippen LogP contribution in [0, 0.1) is 0 Å². The highest BCUT2D eigenvalue weighted by atomic mass is 15.2. The third kappa shape index (κ3) is 4.35. The molecular weight excluding hydrogens is 210 g/mol. The standard InChI is InChI=1S/C14H25N3/c1-6-17(12(4)5)14-8-7-13(10-16-14)9-15-11(2)3/h7-8,10-12,15H,6,9H2,1-5H3. The zero-order valence-corrected chi connectivity index (χ0v) is 11.7. The molecule has 1 heterocycles. The summed E-state index contributed by atoms with van der Waals surface area (Å²) in [6, 6.07) is 5.27. The maximum absolute atomic E-state index is 4.53. The lowest BCUT2D eigenvalue weighted by atomic mass is 10.2. The third-order valence-electron chi connectivity index (χ3n) is 2.78. The van der Waals surface area contributed by atoms with Crippen LogP contribution in [0.15, 0.2) is 18.3 Å². The molecule has 96 valence electrons. The van der Waals surface area contributed by atoms with Gasteiger partial charge in [-0.05, 0) is 32.4 Å². The Kier molecular flexibility index (Phi) is 5.42. The van der Waals surface area contributed by atoms with Crippen molar-refractivity contribution in [1.82, 2.24) is 10.3 Å². The van der Waals surface area contributed by atoms with Gasteiger partial charge in [-0.25, -0.2) is 4.98 Å². The topological polar surface area (TPSA) is 28.2 Å². The van der Waals surface area contributed by atoms with E-state index < -0.39 is 0 Å². The molecule has 0 aliphatic carbocycles. The van der Waals surface area contributed by atoms with Crippen molar-refractivity contribution in [3.63, 3.8) is 0 Å². The number of hydrogen-bond acceptors (Lipinski definition) is 3. The van der Waals surface area contributed by atoms with Gasteiger partial charge in [-0.15, -0.1) is 0 Å². The molecule has 0 aliphatic heterocycles. The van der Waals surface area contributed by atoms with E-state index in [1.54, 1.807) is 0 Å². The molecule has 0 radical (unpaired) electrons. The van der Waals surface area contributed by atoms with E-state index in [0.717, 1.165) is 18.9 Å². The summed E-state index contributed by atoms with van der Waals surface area (Å²) in [5, 5.41) is 3.39. The monoisotopic (exact) mass is 235 g/mol. The number of pyridine rings is 1. The third-order valence-corrected chi connectivity index (χ3v) is 2.78. The van der Waals surface area contributed by atoms with Gasteiger partial charge in [0.25, 0.3) is 0 Å². The van der Waals surface area contributed by atoms with Gasteiger partial charge in [0.1, 0.15) is 5.82 Å². The van der Waals surface area contributed by atoms with Gasteiger partial charge >= 0.3 is 0 Å². The first-order chi connectivity index (χ1) is 8.04. The van der Waals surface area contributed by atoms with E-state index in [9.17, 15) is 0 Å². The van der Waals surface area contributed by atoms with Crippen LogP contribution in [0.3, 0.4) is 0 Å². The maximum Gasteiger partial charge on any atom is 0.128 e. The second-order valence-electron chi connectivity index (χ2n) is 4.94. The fraction of sp³-hybridized carbons (Fsp3) is 0.643. The molecule has 1 aromatic rings. The van der Waals surface area contributed by atoms with Gasteiger partial charge in [0, 0.05) is 31.4 Å². The molecule has 0 aliphatic rings. The van der Waals surface area contributed by atoms with Gasteiger partial charge in [-0.1, -0.05) is 19.9 Å². The molecule has 3 heteroatoms. The highest BCUT2D eigenvalue weighted by Crippen LogP contribution is 2.14. The van der Waals surface area contributed by atoms with Crippen LogP contribution in [0.1, 0.15) is 40.2 Å². The average molecular weight is 235 g/mol. The van der Waals surface area contributed by atoms with Crippen LogP contribution in [0.4, 0.5) is 5.82 Å². The first-order valence-corrected chi connectivity index (χ1v) is 6.49. The lowest BCUT2D eigenvalue weighted by molar-refractivity contribution is 0.587. The molecule has 1 N–H and O–H groups in total. The minimum absolute atomic E-state index is 0.493. The molecule has 0 saturated carbocycles. The van der Waals surface area contributed by atoms with Gasteiger partial charge in [0.15, 0.2) is 0 Å². The van der Waals surface area contributed by atoms with Crippen LogP contribution in [-0.4, -0.2) is 23.6 Å². The summed E-state index contributed by atoms with van der Waals surface area (Å²) in [7, 11) is 0. The highest BCUT2D eigenvalue weighted by Gasteiger charge is 2.08.